The molecule has 0 saturated heterocycles. The van der Waals surface area contributed by atoms with Crippen molar-refractivity contribution >= 4 is 28.3 Å². The molecule has 0 fully saturated rings. The number of amides is 1. The lowest BCUT2D eigenvalue weighted by Gasteiger charge is -2.15. The van der Waals surface area contributed by atoms with E-state index >= 15 is 0 Å². The smallest absolute Gasteiger partial charge is 0.224 e. The van der Waals surface area contributed by atoms with Gasteiger partial charge < -0.3 is 10.6 Å². The minimum atomic E-state index is -3.39. The van der Waals surface area contributed by atoms with E-state index in [4.69, 9.17) is 0 Å². The summed E-state index contributed by atoms with van der Waals surface area (Å²) in [5.74, 6) is -0.292. The van der Waals surface area contributed by atoms with Crippen LogP contribution in [0.25, 0.3) is 0 Å². The Morgan fingerprint density at radius 1 is 1.12 bits per heavy atom. The van der Waals surface area contributed by atoms with Crippen LogP contribution in [0.4, 0.5) is 0 Å². The van der Waals surface area contributed by atoms with Crippen molar-refractivity contribution < 1.29 is 13.2 Å². The van der Waals surface area contributed by atoms with Crippen molar-refractivity contribution in [2.45, 2.75) is 39.1 Å². The summed E-state index contributed by atoms with van der Waals surface area (Å²) in [5, 5.41) is 5.82. The van der Waals surface area contributed by atoms with Gasteiger partial charge in [-0.05, 0) is 32.0 Å². The SMILES string of the molecule is CNCC(C)C(=O)NCc1ccccc1CS(=O)(=O)NC(C)C.Cl. The van der Waals surface area contributed by atoms with Crippen LogP contribution in [-0.4, -0.2) is 34.0 Å². The summed E-state index contributed by atoms with van der Waals surface area (Å²) in [7, 11) is -1.60. The molecule has 0 aromatic heterocycles. The zero-order valence-electron chi connectivity index (χ0n) is 14.6. The van der Waals surface area contributed by atoms with E-state index in [0.717, 1.165) is 5.56 Å². The van der Waals surface area contributed by atoms with Crippen LogP contribution >= 0.6 is 12.4 Å². The first-order chi connectivity index (χ1) is 10.7. The molecule has 1 atom stereocenters. The van der Waals surface area contributed by atoms with Gasteiger partial charge in [0.1, 0.15) is 0 Å². The summed E-state index contributed by atoms with van der Waals surface area (Å²) < 4.78 is 26.7. The van der Waals surface area contributed by atoms with Gasteiger partial charge in [0.25, 0.3) is 0 Å². The van der Waals surface area contributed by atoms with Gasteiger partial charge in [0.05, 0.1) is 5.75 Å². The number of nitrogens with one attached hydrogen (secondary N) is 3. The lowest BCUT2D eigenvalue weighted by atomic mass is 10.1. The molecular weight excluding hydrogens is 350 g/mol. The monoisotopic (exact) mass is 377 g/mol. The third kappa shape index (κ3) is 8.10. The van der Waals surface area contributed by atoms with Crippen molar-refractivity contribution in [3.8, 4) is 0 Å². The quantitative estimate of drug-likeness (QED) is 0.607. The van der Waals surface area contributed by atoms with Gasteiger partial charge in [0, 0.05) is 25.0 Å². The van der Waals surface area contributed by atoms with Gasteiger partial charge in [-0.25, -0.2) is 13.1 Å². The van der Waals surface area contributed by atoms with Crippen molar-refractivity contribution in [3.63, 3.8) is 0 Å². The maximum atomic E-state index is 12.1. The van der Waals surface area contributed by atoms with Gasteiger partial charge >= 0.3 is 0 Å². The zero-order valence-corrected chi connectivity index (χ0v) is 16.3. The standard InChI is InChI=1S/C16H27N3O3S.ClH/c1-12(2)19-23(21,22)11-15-8-6-5-7-14(15)10-18-16(20)13(3)9-17-4;/h5-8,12-13,17,19H,9-11H2,1-4H3,(H,18,20);1H. The number of sulfonamides is 1. The molecule has 3 N–H and O–H groups in total. The minimum Gasteiger partial charge on any atom is -0.352 e. The maximum absolute atomic E-state index is 12.1. The molecule has 0 spiro atoms. The van der Waals surface area contributed by atoms with Crippen molar-refractivity contribution in [2.24, 2.45) is 5.92 Å². The van der Waals surface area contributed by atoms with E-state index in [-0.39, 0.29) is 36.0 Å². The Balaban J connectivity index is 0.00000529. The average Bonchev–Trinajstić information content (AvgIpc) is 2.44. The first-order valence-electron chi connectivity index (χ1n) is 7.74. The van der Waals surface area contributed by atoms with E-state index in [0.29, 0.717) is 18.7 Å². The highest BCUT2D eigenvalue weighted by atomic mass is 35.5. The lowest BCUT2D eigenvalue weighted by molar-refractivity contribution is -0.124. The largest absolute Gasteiger partial charge is 0.352 e. The molecule has 6 nitrogen and oxygen atoms in total. The minimum absolute atomic E-state index is 0. The first kappa shape index (κ1) is 22.9. The summed E-state index contributed by atoms with van der Waals surface area (Å²) in [5.41, 5.74) is 1.51. The number of carbonyl (C=O) groups excluding carboxylic acids is 1. The number of rotatable bonds is 9. The third-order valence-electron chi connectivity index (χ3n) is 3.29. The Bertz CT molecular complexity index is 621. The highest BCUT2D eigenvalue weighted by molar-refractivity contribution is 7.88. The van der Waals surface area contributed by atoms with Gasteiger partial charge in [0.2, 0.25) is 15.9 Å². The van der Waals surface area contributed by atoms with Crippen molar-refractivity contribution in [1.82, 2.24) is 15.4 Å². The molecule has 1 unspecified atom stereocenters. The first-order valence-corrected chi connectivity index (χ1v) is 9.39. The summed E-state index contributed by atoms with van der Waals surface area (Å²) >= 11 is 0. The highest BCUT2D eigenvalue weighted by Gasteiger charge is 2.16. The molecule has 138 valence electrons. The van der Waals surface area contributed by atoms with Gasteiger partial charge in [0.15, 0.2) is 0 Å². The number of hydrogen-bond donors (Lipinski definition) is 3. The molecule has 0 aliphatic heterocycles. The normalized spacial score (nSPS) is 12.5. The highest BCUT2D eigenvalue weighted by Crippen LogP contribution is 2.12. The Morgan fingerprint density at radius 3 is 2.25 bits per heavy atom. The summed E-state index contributed by atoms with van der Waals surface area (Å²) in [6.45, 7) is 6.33. The molecule has 24 heavy (non-hydrogen) atoms. The van der Waals surface area contributed by atoms with Crippen LogP contribution < -0.4 is 15.4 Å². The Morgan fingerprint density at radius 2 is 1.71 bits per heavy atom. The maximum Gasteiger partial charge on any atom is 0.224 e. The molecule has 0 saturated carbocycles. The molecule has 8 heteroatoms. The van der Waals surface area contributed by atoms with E-state index in [1.54, 1.807) is 33.0 Å². The summed E-state index contributed by atoms with van der Waals surface area (Å²) in [6, 6.07) is 7.11. The molecule has 1 aromatic rings. The van der Waals surface area contributed by atoms with Crippen LogP contribution in [0.3, 0.4) is 0 Å². The molecular formula is C16H28ClN3O3S. The number of hydrogen-bond acceptors (Lipinski definition) is 4. The second kappa shape index (κ2) is 10.7. The van der Waals surface area contributed by atoms with Crippen LogP contribution in [0, 0.1) is 5.92 Å². The molecule has 0 heterocycles. The Hall–Kier alpha value is -1.15. The molecule has 1 amide bonds. The van der Waals surface area contributed by atoms with Crippen molar-refractivity contribution in [3.05, 3.63) is 35.4 Å². The van der Waals surface area contributed by atoms with Crippen LogP contribution in [0.1, 0.15) is 31.9 Å². The Labute approximate surface area is 151 Å². The predicted molar refractivity (Wildman–Crippen MR) is 99.5 cm³/mol. The van der Waals surface area contributed by atoms with Crippen LogP contribution in [0.2, 0.25) is 0 Å². The summed E-state index contributed by atoms with van der Waals surface area (Å²) in [6.07, 6.45) is 0. The topological polar surface area (TPSA) is 87.3 Å². The van der Waals surface area contributed by atoms with Gasteiger partial charge in [-0.1, -0.05) is 31.2 Å². The second-order valence-electron chi connectivity index (χ2n) is 5.98. The fourth-order valence-corrected chi connectivity index (χ4v) is 3.72. The third-order valence-corrected chi connectivity index (χ3v) is 4.81. The fraction of sp³-hybridized carbons (Fsp3) is 0.562. The Kier molecular flexibility index (Phi) is 10.1. The fourth-order valence-electron chi connectivity index (χ4n) is 2.23. The second-order valence-corrected chi connectivity index (χ2v) is 7.73. The van der Waals surface area contributed by atoms with Crippen LogP contribution in [0.5, 0.6) is 0 Å². The average molecular weight is 378 g/mol. The van der Waals surface area contributed by atoms with E-state index < -0.39 is 10.0 Å². The van der Waals surface area contributed by atoms with Gasteiger partial charge in [-0.3, -0.25) is 4.79 Å². The van der Waals surface area contributed by atoms with Crippen molar-refractivity contribution in [1.29, 1.82) is 0 Å². The molecule has 0 radical (unpaired) electrons. The molecule has 0 aliphatic carbocycles. The van der Waals surface area contributed by atoms with Gasteiger partial charge in [-0.15, -0.1) is 12.4 Å². The van der Waals surface area contributed by atoms with E-state index in [9.17, 15) is 13.2 Å². The van der Waals surface area contributed by atoms with E-state index in [1.165, 1.54) is 0 Å². The molecule has 1 aromatic carbocycles. The predicted octanol–water partition coefficient (Wildman–Crippen LogP) is 1.41. The van der Waals surface area contributed by atoms with E-state index in [2.05, 4.69) is 15.4 Å². The van der Waals surface area contributed by atoms with Crippen LogP contribution in [0.15, 0.2) is 24.3 Å². The van der Waals surface area contributed by atoms with E-state index in [1.807, 2.05) is 19.1 Å². The molecule has 0 aliphatic rings. The number of carbonyl (C=O) groups is 1. The molecule has 0 bridgehead atoms. The zero-order chi connectivity index (χ0) is 17.5. The van der Waals surface area contributed by atoms with Gasteiger partial charge in [-0.2, -0.15) is 0 Å². The number of benzene rings is 1. The number of halogens is 1. The van der Waals surface area contributed by atoms with Crippen LogP contribution in [-0.2, 0) is 27.1 Å². The lowest BCUT2D eigenvalue weighted by Crippen LogP contribution is -2.34. The molecule has 1 rings (SSSR count). The van der Waals surface area contributed by atoms with Crippen molar-refractivity contribution in [2.75, 3.05) is 13.6 Å². The summed E-state index contributed by atoms with van der Waals surface area (Å²) in [4.78, 5) is 12.0.